The molecule has 0 aliphatic rings. The van der Waals surface area contributed by atoms with Crippen LogP contribution in [-0.2, 0) is 32.7 Å². The normalized spacial score (nSPS) is 14.0. The molecule has 0 radical (unpaired) electrons. The third-order valence-electron chi connectivity index (χ3n) is 9.42. The molecule has 0 saturated carbocycles. The maximum atomic E-state index is 12.6. The molecule has 0 aromatic carbocycles. The lowest BCUT2D eigenvalue weighted by atomic mass is 10.0. The first-order valence-electron chi connectivity index (χ1n) is 21.6. The molecule has 0 saturated heterocycles. The molecule has 0 bridgehead atoms. The van der Waals surface area contributed by atoms with Crippen LogP contribution in [0.4, 0.5) is 0 Å². The zero-order valence-corrected chi connectivity index (χ0v) is 34.9. The van der Waals surface area contributed by atoms with Crippen molar-refractivity contribution in [3.63, 3.8) is 0 Å². The number of allylic oxidation sites excluding steroid dienone is 2. The number of carbonyl (C=O) groups excluding carboxylic acids is 2. The Labute approximate surface area is 324 Å². The summed E-state index contributed by atoms with van der Waals surface area (Å²) in [5.74, 6) is -0.917. The van der Waals surface area contributed by atoms with Crippen molar-refractivity contribution in [3.05, 3.63) is 12.2 Å². The molecule has 3 N–H and O–H groups in total. The minimum Gasteiger partial charge on any atom is -0.462 e. The number of unbranched alkanes of at least 4 members (excludes halogenated alkanes) is 25. The van der Waals surface area contributed by atoms with Crippen LogP contribution in [0.25, 0.3) is 0 Å². The highest BCUT2D eigenvalue weighted by Crippen LogP contribution is 2.43. The van der Waals surface area contributed by atoms with E-state index in [1.54, 1.807) is 0 Å². The van der Waals surface area contributed by atoms with Gasteiger partial charge in [-0.05, 0) is 38.5 Å². The Kier molecular flexibility index (Phi) is 38.0. The molecule has 0 aliphatic carbocycles. The second-order valence-corrected chi connectivity index (χ2v) is 16.2. The van der Waals surface area contributed by atoms with E-state index in [0.29, 0.717) is 12.8 Å². The Morgan fingerprint density at radius 3 is 1.38 bits per heavy atom. The molecule has 0 heterocycles. The first-order chi connectivity index (χ1) is 25.7. The highest BCUT2D eigenvalue weighted by atomic mass is 31.2. The number of rotatable bonds is 41. The van der Waals surface area contributed by atoms with Crippen LogP contribution in [0.3, 0.4) is 0 Å². The molecule has 314 valence electrons. The second kappa shape index (κ2) is 39.0. The first-order valence-corrected chi connectivity index (χ1v) is 23.1. The molecule has 10 nitrogen and oxygen atoms in total. The van der Waals surface area contributed by atoms with Crippen LogP contribution < -0.4 is 0 Å². The lowest BCUT2D eigenvalue weighted by Gasteiger charge is -2.20. The maximum Gasteiger partial charge on any atom is 0.472 e. The van der Waals surface area contributed by atoms with Gasteiger partial charge in [0.05, 0.1) is 19.8 Å². The molecule has 11 heteroatoms. The fourth-order valence-electron chi connectivity index (χ4n) is 6.05. The standard InChI is InChI=1S/C42H81O10P/c1-3-5-7-9-11-13-15-17-18-19-20-22-24-26-28-30-32-34-42(46)52-40(38-51-53(47,48)50-36-39(44)35-43)37-49-41(45)33-31-29-27-25-23-21-16-14-12-10-8-6-4-2/h13,15,39-40,43-44H,3-12,14,16-38H2,1-2H3,(H,47,48)/b15-13+/t39-,40+/m0/s1. The van der Waals surface area contributed by atoms with Crippen molar-refractivity contribution in [1.29, 1.82) is 0 Å². The Morgan fingerprint density at radius 2 is 0.925 bits per heavy atom. The van der Waals surface area contributed by atoms with Crippen molar-refractivity contribution in [2.75, 3.05) is 26.4 Å². The molecule has 0 rings (SSSR count). The highest BCUT2D eigenvalue weighted by Gasteiger charge is 2.27. The largest absolute Gasteiger partial charge is 0.472 e. The van der Waals surface area contributed by atoms with Crippen LogP contribution in [-0.4, -0.2) is 65.7 Å². The van der Waals surface area contributed by atoms with E-state index in [2.05, 4.69) is 30.5 Å². The van der Waals surface area contributed by atoms with Crippen molar-refractivity contribution in [3.8, 4) is 0 Å². The number of aliphatic hydroxyl groups is 2. The number of ether oxygens (including phenoxy) is 2. The summed E-state index contributed by atoms with van der Waals surface area (Å²) in [5.41, 5.74) is 0. The number of phosphoric ester groups is 1. The van der Waals surface area contributed by atoms with Crippen LogP contribution in [0.1, 0.15) is 206 Å². The quantitative estimate of drug-likeness (QED) is 0.0237. The van der Waals surface area contributed by atoms with E-state index in [0.717, 1.165) is 38.5 Å². The van der Waals surface area contributed by atoms with Gasteiger partial charge >= 0.3 is 19.8 Å². The Bertz CT molecular complexity index is 899. The summed E-state index contributed by atoms with van der Waals surface area (Å²) >= 11 is 0. The zero-order valence-electron chi connectivity index (χ0n) is 34.0. The van der Waals surface area contributed by atoms with Gasteiger partial charge in [0.25, 0.3) is 0 Å². The molecule has 3 atom stereocenters. The van der Waals surface area contributed by atoms with Crippen molar-refractivity contribution in [1.82, 2.24) is 0 Å². The third-order valence-corrected chi connectivity index (χ3v) is 10.4. The molecule has 0 aliphatic heterocycles. The van der Waals surface area contributed by atoms with Crippen molar-refractivity contribution >= 4 is 19.8 Å². The van der Waals surface area contributed by atoms with Crippen LogP contribution in [0.15, 0.2) is 12.2 Å². The van der Waals surface area contributed by atoms with Gasteiger partial charge in [0.15, 0.2) is 6.10 Å². The van der Waals surface area contributed by atoms with E-state index in [1.165, 1.54) is 128 Å². The number of hydrogen-bond acceptors (Lipinski definition) is 9. The van der Waals surface area contributed by atoms with Crippen molar-refractivity contribution in [2.24, 2.45) is 0 Å². The summed E-state index contributed by atoms with van der Waals surface area (Å²) in [7, 11) is -4.61. The van der Waals surface area contributed by atoms with Gasteiger partial charge in [-0.2, -0.15) is 0 Å². The van der Waals surface area contributed by atoms with Crippen LogP contribution in [0.2, 0.25) is 0 Å². The minimum atomic E-state index is -4.61. The second-order valence-electron chi connectivity index (χ2n) is 14.7. The van der Waals surface area contributed by atoms with E-state index in [9.17, 15) is 24.2 Å². The van der Waals surface area contributed by atoms with E-state index in [4.69, 9.17) is 19.1 Å². The number of aliphatic hydroxyl groups excluding tert-OH is 2. The van der Waals surface area contributed by atoms with Gasteiger partial charge in [-0.25, -0.2) is 4.57 Å². The Balaban J connectivity index is 4.26. The predicted molar refractivity (Wildman–Crippen MR) is 215 cm³/mol. The summed E-state index contributed by atoms with van der Waals surface area (Å²) in [5, 5.41) is 18.3. The van der Waals surface area contributed by atoms with Crippen LogP contribution in [0.5, 0.6) is 0 Å². The molecule has 0 aromatic heterocycles. The molecule has 0 aromatic rings. The van der Waals surface area contributed by atoms with Crippen LogP contribution >= 0.6 is 7.82 Å². The average Bonchev–Trinajstić information content (AvgIpc) is 3.14. The molecular formula is C42H81O10P. The average molecular weight is 777 g/mol. The van der Waals surface area contributed by atoms with E-state index in [1.807, 2.05) is 0 Å². The maximum absolute atomic E-state index is 12.6. The van der Waals surface area contributed by atoms with Gasteiger partial charge in [-0.1, -0.05) is 167 Å². The first kappa shape index (κ1) is 51.7. The Hall–Kier alpha value is -1.29. The SMILES string of the molecule is CCCCCC/C=C/CCCCCCCCCCCC(=O)O[C@H](COC(=O)CCCCCCCCCCCCCCC)COP(=O)(O)OC[C@@H](O)CO. The van der Waals surface area contributed by atoms with Crippen molar-refractivity contribution < 1.29 is 47.8 Å². The smallest absolute Gasteiger partial charge is 0.462 e. The summed E-state index contributed by atoms with van der Waals surface area (Å²) in [6.07, 6.45) is 36.0. The van der Waals surface area contributed by atoms with E-state index in [-0.39, 0.29) is 19.4 Å². The monoisotopic (exact) mass is 777 g/mol. The zero-order chi connectivity index (χ0) is 39.1. The molecule has 0 fully saturated rings. The molecule has 1 unspecified atom stereocenters. The van der Waals surface area contributed by atoms with Crippen molar-refractivity contribution in [2.45, 2.75) is 219 Å². The summed E-state index contributed by atoms with van der Waals surface area (Å²) in [6, 6.07) is 0. The van der Waals surface area contributed by atoms with Gasteiger partial charge in [0, 0.05) is 12.8 Å². The van der Waals surface area contributed by atoms with E-state index >= 15 is 0 Å². The molecule has 0 amide bonds. The van der Waals surface area contributed by atoms with Crippen LogP contribution in [0, 0.1) is 0 Å². The number of phosphoric acid groups is 1. The Morgan fingerprint density at radius 1 is 0.547 bits per heavy atom. The molecule has 53 heavy (non-hydrogen) atoms. The summed E-state index contributed by atoms with van der Waals surface area (Å²) in [4.78, 5) is 34.9. The lowest BCUT2D eigenvalue weighted by Crippen LogP contribution is -2.29. The number of hydrogen-bond donors (Lipinski definition) is 3. The predicted octanol–water partition coefficient (Wildman–Crippen LogP) is 11.2. The fraction of sp³-hybridized carbons (Fsp3) is 0.905. The van der Waals surface area contributed by atoms with Gasteiger partial charge in [-0.3, -0.25) is 18.6 Å². The summed E-state index contributed by atoms with van der Waals surface area (Å²) in [6.45, 7) is 2.39. The fourth-order valence-corrected chi connectivity index (χ4v) is 6.84. The summed E-state index contributed by atoms with van der Waals surface area (Å²) < 4.78 is 32.7. The van der Waals surface area contributed by atoms with E-state index < -0.39 is 51.8 Å². The van der Waals surface area contributed by atoms with Gasteiger partial charge in [0.2, 0.25) is 0 Å². The topological polar surface area (TPSA) is 149 Å². The number of esters is 2. The van der Waals surface area contributed by atoms with Gasteiger partial charge in [0.1, 0.15) is 12.7 Å². The lowest BCUT2D eigenvalue weighted by molar-refractivity contribution is -0.161. The molecular weight excluding hydrogens is 695 g/mol. The highest BCUT2D eigenvalue weighted by molar-refractivity contribution is 7.47. The molecule has 0 spiro atoms. The third kappa shape index (κ3) is 38.8. The minimum absolute atomic E-state index is 0.186. The number of carbonyl (C=O) groups is 2. The van der Waals surface area contributed by atoms with Gasteiger partial charge in [-0.15, -0.1) is 0 Å². The van der Waals surface area contributed by atoms with Gasteiger partial charge < -0.3 is 24.6 Å².